The second-order valence-corrected chi connectivity index (χ2v) is 4.25. The molecule has 3 nitrogen and oxygen atoms in total. The maximum absolute atomic E-state index is 13.9. The largest absolute Gasteiger partial charge is 0.494 e. The molecule has 0 saturated carbocycles. The molecule has 2 rings (SSSR count). The average molecular weight is 261 g/mol. The molecule has 0 aliphatic heterocycles. The van der Waals surface area contributed by atoms with E-state index in [4.69, 9.17) is 15.2 Å². The van der Waals surface area contributed by atoms with Crippen LogP contribution in [-0.2, 0) is 6.61 Å². The lowest BCUT2D eigenvalue weighted by atomic mass is 10.2. The van der Waals surface area contributed by atoms with Crippen molar-refractivity contribution in [2.45, 2.75) is 13.5 Å². The molecule has 2 aromatic rings. The summed E-state index contributed by atoms with van der Waals surface area (Å²) >= 11 is 0. The summed E-state index contributed by atoms with van der Waals surface area (Å²) in [5, 5.41) is 0. The number of aryl methyl sites for hydroxylation is 1. The zero-order valence-corrected chi connectivity index (χ0v) is 10.9. The Morgan fingerprint density at radius 3 is 2.63 bits per heavy atom. The van der Waals surface area contributed by atoms with E-state index in [0.717, 1.165) is 5.56 Å². The molecule has 0 bridgehead atoms. The van der Waals surface area contributed by atoms with Crippen LogP contribution >= 0.6 is 0 Å². The summed E-state index contributed by atoms with van der Waals surface area (Å²) in [6, 6.07) is 10.3. The van der Waals surface area contributed by atoms with Crippen molar-refractivity contribution in [3.8, 4) is 11.5 Å². The van der Waals surface area contributed by atoms with Crippen LogP contribution in [0.3, 0.4) is 0 Å². The summed E-state index contributed by atoms with van der Waals surface area (Å²) < 4.78 is 24.5. The maximum Gasteiger partial charge on any atom is 0.171 e. The van der Waals surface area contributed by atoms with Crippen LogP contribution in [0.2, 0.25) is 0 Å². The van der Waals surface area contributed by atoms with Gasteiger partial charge in [-0.1, -0.05) is 12.1 Å². The fraction of sp³-hybridized carbons (Fsp3) is 0.200. The highest BCUT2D eigenvalue weighted by atomic mass is 19.1. The van der Waals surface area contributed by atoms with Gasteiger partial charge in [-0.2, -0.15) is 0 Å². The van der Waals surface area contributed by atoms with Gasteiger partial charge in [-0.05, 0) is 36.8 Å². The van der Waals surface area contributed by atoms with E-state index in [0.29, 0.717) is 17.0 Å². The lowest BCUT2D eigenvalue weighted by Gasteiger charge is -2.11. The highest BCUT2D eigenvalue weighted by molar-refractivity contribution is 5.47. The normalized spacial score (nSPS) is 10.3. The molecule has 0 aliphatic carbocycles. The fourth-order valence-electron chi connectivity index (χ4n) is 1.82. The Hall–Kier alpha value is -2.23. The van der Waals surface area contributed by atoms with Gasteiger partial charge in [0.15, 0.2) is 11.6 Å². The monoisotopic (exact) mass is 261 g/mol. The molecule has 0 atom stereocenters. The summed E-state index contributed by atoms with van der Waals surface area (Å²) in [5.74, 6) is 0.518. The maximum atomic E-state index is 13.9. The van der Waals surface area contributed by atoms with Gasteiger partial charge < -0.3 is 15.2 Å². The Balaban J connectivity index is 2.14. The first-order valence-electron chi connectivity index (χ1n) is 5.92. The fourth-order valence-corrected chi connectivity index (χ4v) is 1.82. The van der Waals surface area contributed by atoms with Crippen molar-refractivity contribution in [2.75, 3.05) is 12.8 Å². The van der Waals surface area contributed by atoms with E-state index in [1.165, 1.54) is 7.11 Å². The van der Waals surface area contributed by atoms with Crippen LogP contribution in [0.25, 0.3) is 0 Å². The van der Waals surface area contributed by atoms with Gasteiger partial charge in [0.05, 0.1) is 7.11 Å². The first-order chi connectivity index (χ1) is 9.11. The molecule has 0 heterocycles. The Morgan fingerprint density at radius 2 is 1.95 bits per heavy atom. The highest BCUT2D eigenvalue weighted by Gasteiger charge is 2.09. The molecule has 0 fully saturated rings. The zero-order chi connectivity index (χ0) is 13.8. The first-order valence-corrected chi connectivity index (χ1v) is 5.92. The van der Waals surface area contributed by atoms with Gasteiger partial charge in [-0.3, -0.25) is 0 Å². The minimum Gasteiger partial charge on any atom is -0.494 e. The second kappa shape index (κ2) is 5.61. The van der Waals surface area contributed by atoms with Crippen LogP contribution in [0.1, 0.15) is 11.1 Å². The number of halogens is 1. The topological polar surface area (TPSA) is 44.5 Å². The van der Waals surface area contributed by atoms with Gasteiger partial charge in [-0.25, -0.2) is 4.39 Å². The molecule has 19 heavy (non-hydrogen) atoms. The number of benzene rings is 2. The van der Waals surface area contributed by atoms with E-state index < -0.39 is 5.82 Å². The molecule has 0 aliphatic rings. The molecular formula is C15H16FNO2. The standard InChI is InChI=1S/C15H16FNO2/c1-10-8-12(17)6-7-13(10)19-9-11-4-3-5-14(18-2)15(11)16/h3-8H,9,17H2,1-2H3. The van der Waals surface area contributed by atoms with Crippen LogP contribution < -0.4 is 15.2 Å². The third-order valence-electron chi connectivity index (χ3n) is 2.85. The number of nitrogens with two attached hydrogens (primary N) is 1. The molecule has 0 saturated heterocycles. The van der Waals surface area contributed by atoms with Crippen LogP contribution in [0, 0.1) is 12.7 Å². The second-order valence-electron chi connectivity index (χ2n) is 4.25. The predicted molar refractivity (Wildman–Crippen MR) is 72.9 cm³/mol. The summed E-state index contributed by atoms with van der Waals surface area (Å²) in [4.78, 5) is 0. The first kappa shape index (κ1) is 13.2. The van der Waals surface area contributed by atoms with Crippen molar-refractivity contribution in [1.82, 2.24) is 0 Å². The van der Waals surface area contributed by atoms with Crippen molar-refractivity contribution in [2.24, 2.45) is 0 Å². The van der Waals surface area contributed by atoms with E-state index in [2.05, 4.69) is 0 Å². The zero-order valence-electron chi connectivity index (χ0n) is 10.9. The van der Waals surface area contributed by atoms with Crippen molar-refractivity contribution in [3.05, 3.63) is 53.3 Å². The van der Waals surface area contributed by atoms with E-state index in [9.17, 15) is 4.39 Å². The Kier molecular flexibility index (Phi) is 3.90. The molecule has 0 unspecified atom stereocenters. The smallest absolute Gasteiger partial charge is 0.171 e. The lowest BCUT2D eigenvalue weighted by Crippen LogP contribution is -2.01. The van der Waals surface area contributed by atoms with Gasteiger partial charge in [0.25, 0.3) is 0 Å². The molecule has 2 N–H and O–H groups in total. The van der Waals surface area contributed by atoms with E-state index in [1.54, 1.807) is 30.3 Å². The van der Waals surface area contributed by atoms with E-state index in [-0.39, 0.29) is 12.4 Å². The quantitative estimate of drug-likeness (QED) is 0.859. The summed E-state index contributed by atoms with van der Waals surface area (Å²) in [7, 11) is 1.44. The molecular weight excluding hydrogens is 245 g/mol. The third-order valence-corrected chi connectivity index (χ3v) is 2.85. The van der Waals surface area contributed by atoms with Crippen molar-refractivity contribution < 1.29 is 13.9 Å². The Labute approximate surface area is 111 Å². The minimum atomic E-state index is -0.391. The third kappa shape index (κ3) is 2.96. The van der Waals surface area contributed by atoms with Gasteiger partial charge in [-0.15, -0.1) is 0 Å². The van der Waals surface area contributed by atoms with Gasteiger partial charge in [0, 0.05) is 11.3 Å². The number of hydrogen-bond donors (Lipinski definition) is 1. The molecule has 0 radical (unpaired) electrons. The van der Waals surface area contributed by atoms with Crippen LogP contribution in [-0.4, -0.2) is 7.11 Å². The number of methoxy groups -OCH3 is 1. The average Bonchev–Trinajstić information content (AvgIpc) is 2.39. The van der Waals surface area contributed by atoms with Crippen molar-refractivity contribution >= 4 is 5.69 Å². The predicted octanol–water partition coefficient (Wildman–Crippen LogP) is 3.30. The van der Waals surface area contributed by atoms with Crippen molar-refractivity contribution in [1.29, 1.82) is 0 Å². The highest BCUT2D eigenvalue weighted by Crippen LogP contribution is 2.24. The Morgan fingerprint density at radius 1 is 1.16 bits per heavy atom. The van der Waals surface area contributed by atoms with E-state index in [1.807, 2.05) is 13.0 Å². The molecule has 4 heteroatoms. The molecule has 0 amide bonds. The molecule has 100 valence electrons. The number of nitrogen functional groups attached to an aromatic ring is 1. The van der Waals surface area contributed by atoms with Crippen LogP contribution in [0.15, 0.2) is 36.4 Å². The summed E-state index contributed by atoms with van der Waals surface area (Å²) in [5.41, 5.74) is 7.72. The number of anilines is 1. The molecule has 0 aromatic heterocycles. The number of hydrogen-bond acceptors (Lipinski definition) is 3. The summed E-state index contributed by atoms with van der Waals surface area (Å²) in [6.45, 7) is 2.04. The van der Waals surface area contributed by atoms with Crippen LogP contribution in [0.4, 0.5) is 10.1 Å². The summed E-state index contributed by atoms with van der Waals surface area (Å²) in [6.07, 6.45) is 0. The van der Waals surface area contributed by atoms with Gasteiger partial charge in [0.1, 0.15) is 12.4 Å². The number of ether oxygens (including phenoxy) is 2. The van der Waals surface area contributed by atoms with Crippen molar-refractivity contribution in [3.63, 3.8) is 0 Å². The lowest BCUT2D eigenvalue weighted by molar-refractivity contribution is 0.294. The Bertz CT molecular complexity index is 584. The SMILES string of the molecule is COc1cccc(COc2ccc(N)cc2C)c1F. The van der Waals surface area contributed by atoms with E-state index >= 15 is 0 Å². The number of rotatable bonds is 4. The van der Waals surface area contributed by atoms with Gasteiger partial charge in [0.2, 0.25) is 0 Å². The molecule has 0 spiro atoms. The van der Waals surface area contributed by atoms with Crippen LogP contribution in [0.5, 0.6) is 11.5 Å². The molecule has 2 aromatic carbocycles. The minimum absolute atomic E-state index is 0.147. The van der Waals surface area contributed by atoms with Gasteiger partial charge >= 0.3 is 0 Å².